The molecule has 1 atom stereocenters. The molecule has 5 nitrogen and oxygen atoms in total. The summed E-state index contributed by atoms with van der Waals surface area (Å²) in [5.74, 6) is 0.384. The Balaban J connectivity index is 1.96. The summed E-state index contributed by atoms with van der Waals surface area (Å²) in [4.78, 5) is 24.1. The number of ether oxygens (including phenoxy) is 1. The van der Waals surface area contributed by atoms with Gasteiger partial charge in [0.2, 0.25) is 11.8 Å². The highest BCUT2D eigenvalue weighted by Gasteiger charge is 2.26. The van der Waals surface area contributed by atoms with Crippen LogP contribution in [0.2, 0.25) is 0 Å². The lowest BCUT2D eigenvalue weighted by atomic mass is 9.87. The predicted octanol–water partition coefficient (Wildman–Crippen LogP) is 1.83. The van der Waals surface area contributed by atoms with Crippen LogP contribution < -0.4 is 15.4 Å². The fourth-order valence-corrected chi connectivity index (χ4v) is 2.43. The minimum Gasteiger partial charge on any atom is -0.497 e. The van der Waals surface area contributed by atoms with Crippen molar-refractivity contribution in [3.05, 3.63) is 29.8 Å². The van der Waals surface area contributed by atoms with Crippen molar-refractivity contribution in [2.45, 2.75) is 38.6 Å². The van der Waals surface area contributed by atoms with Crippen molar-refractivity contribution in [2.24, 2.45) is 5.92 Å². The monoisotopic (exact) mass is 304 g/mol. The number of methoxy groups -OCH3 is 1. The maximum absolute atomic E-state index is 12.4. The summed E-state index contributed by atoms with van der Waals surface area (Å²) in [5, 5.41) is 5.60. The summed E-state index contributed by atoms with van der Waals surface area (Å²) in [5.41, 5.74) is 0.927. The van der Waals surface area contributed by atoms with Gasteiger partial charge in [-0.3, -0.25) is 9.59 Å². The molecule has 0 bridgehead atoms. The molecular formula is C17H24N2O3. The Morgan fingerprint density at radius 1 is 1.23 bits per heavy atom. The molecule has 1 aromatic rings. The first-order chi connectivity index (χ1) is 10.5. The second-order valence-electron chi connectivity index (χ2n) is 6.05. The number of nitrogens with one attached hydrogen (secondary N) is 2. The van der Waals surface area contributed by atoms with Gasteiger partial charge in [-0.25, -0.2) is 0 Å². The third-order valence-electron chi connectivity index (χ3n) is 3.79. The standard InChI is InChI=1S/C17H24N2O3/c1-11(2)16(12-4-8-14(22-3)9-5-12)17(21)18-10-15(20)19-13-6-7-13/h4-5,8-9,11,13,16H,6-7,10H2,1-3H3,(H,18,21)(H,19,20). The molecule has 5 heteroatoms. The largest absolute Gasteiger partial charge is 0.497 e. The highest BCUT2D eigenvalue weighted by Crippen LogP contribution is 2.26. The van der Waals surface area contributed by atoms with Crippen LogP contribution in [0.15, 0.2) is 24.3 Å². The van der Waals surface area contributed by atoms with E-state index in [4.69, 9.17) is 4.74 Å². The van der Waals surface area contributed by atoms with Gasteiger partial charge in [-0.05, 0) is 36.5 Å². The van der Waals surface area contributed by atoms with Crippen LogP contribution in [0.3, 0.4) is 0 Å². The predicted molar refractivity (Wildman–Crippen MR) is 84.7 cm³/mol. The molecular weight excluding hydrogens is 280 g/mol. The van der Waals surface area contributed by atoms with Crippen LogP contribution in [-0.4, -0.2) is 31.5 Å². The molecule has 0 aliphatic heterocycles. The first-order valence-electron chi connectivity index (χ1n) is 7.72. The Bertz CT molecular complexity index is 521. The minimum absolute atomic E-state index is 0.0364. The van der Waals surface area contributed by atoms with Gasteiger partial charge in [-0.2, -0.15) is 0 Å². The number of carbonyl (C=O) groups is 2. The fraction of sp³-hybridized carbons (Fsp3) is 0.529. The maximum atomic E-state index is 12.4. The van der Waals surface area contributed by atoms with Crippen molar-refractivity contribution in [1.29, 1.82) is 0 Å². The summed E-state index contributed by atoms with van der Waals surface area (Å²) in [6.07, 6.45) is 2.08. The molecule has 0 spiro atoms. The van der Waals surface area contributed by atoms with Crippen LogP contribution >= 0.6 is 0 Å². The normalized spacial score (nSPS) is 15.3. The van der Waals surface area contributed by atoms with E-state index in [9.17, 15) is 9.59 Å². The maximum Gasteiger partial charge on any atom is 0.239 e. The summed E-state index contributed by atoms with van der Waals surface area (Å²) in [6, 6.07) is 7.79. The van der Waals surface area contributed by atoms with E-state index in [1.165, 1.54) is 0 Å². The molecule has 2 amide bonds. The van der Waals surface area contributed by atoms with Gasteiger partial charge in [0.05, 0.1) is 19.6 Å². The molecule has 0 heterocycles. The third-order valence-corrected chi connectivity index (χ3v) is 3.79. The van der Waals surface area contributed by atoms with Gasteiger partial charge in [0, 0.05) is 6.04 Å². The molecule has 22 heavy (non-hydrogen) atoms. The summed E-state index contributed by atoms with van der Waals surface area (Å²) in [6.45, 7) is 4.03. The fourth-order valence-electron chi connectivity index (χ4n) is 2.43. The van der Waals surface area contributed by atoms with Gasteiger partial charge in [0.15, 0.2) is 0 Å². The summed E-state index contributed by atoms with van der Waals surface area (Å²) >= 11 is 0. The first kappa shape index (κ1) is 16.3. The van der Waals surface area contributed by atoms with Gasteiger partial charge in [0.25, 0.3) is 0 Å². The Morgan fingerprint density at radius 3 is 2.36 bits per heavy atom. The quantitative estimate of drug-likeness (QED) is 0.807. The average molecular weight is 304 g/mol. The van der Waals surface area contributed by atoms with Crippen molar-refractivity contribution < 1.29 is 14.3 Å². The highest BCUT2D eigenvalue weighted by atomic mass is 16.5. The Morgan fingerprint density at radius 2 is 1.86 bits per heavy atom. The van der Waals surface area contributed by atoms with E-state index in [1.807, 2.05) is 38.1 Å². The van der Waals surface area contributed by atoms with E-state index >= 15 is 0 Å². The Hall–Kier alpha value is -2.04. The lowest BCUT2D eigenvalue weighted by Gasteiger charge is -2.21. The molecule has 1 aromatic carbocycles. The van der Waals surface area contributed by atoms with Crippen molar-refractivity contribution in [3.63, 3.8) is 0 Å². The zero-order chi connectivity index (χ0) is 16.1. The van der Waals surface area contributed by atoms with Crippen LogP contribution in [-0.2, 0) is 9.59 Å². The molecule has 0 aromatic heterocycles. The van der Waals surface area contributed by atoms with Gasteiger partial charge >= 0.3 is 0 Å². The van der Waals surface area contributed by atoms with Crippen molar-refractivity contribution >= 4 is 11.8 Å². The molecule has 0 radical (unpaired) electrons. The molecule has 1 unspecified atom stereocenters. The van der Waals surface area contributed by atoms with Crippen LogP contribution in [0, 0.1) is 5.92 Å². The Labute approximate surface area is 131 Å². The van der Waals surface area contributed by atoms with E-state index in [2.05, 4.69) is 10.6 Å². The molecule has 120 valence electrons. The van der Waals surface area contributed by atoms with E-state index in [0.717, 1.165) is 24.2 Å². The van der Waals surface area contributed by atoms with Gasteiger partial charge < -0.3 is 15.4 Å². The molecule has 1 fully saturated rings. The van der Waals surface area contributed by atoms with E-state index in [-0.39, 0.29) is 30.2 Å². The molecule has 1 aliphatic rings. The first-order valence-corrected chi connectivity index (χ1v) is 7.72. The molecule has 1 aliphatic carbocycles. The topological polar surface area (TPSA) is 67.4 Å². The van der Waals surface area contributed by atoms with Crippen LogP contribution in [0.5, 0.6) is 5.75 Å². The average Bonchev–Trinajstić information content (AvgIpc) is 3.29. The molecule has 2 N–H and O–H groups in total. The van der Waals surface area contributed by atoms with Crippen molar-refractivity contribution in [2.75, 3.05) is 13.7 Å². The number of carbonyl (C=O) groups excluding carboxylic acids is 2. The summed E-state index contributed by atoms with van der Waals surface area (Å²) < 4.78 is 5.14. The minimum atomic E-state index is -0.278. The van der Waals surface area contributed by atoms with Gasteiger partial charge in [-0.1, -0.05) is 26.0 Å². The van der Waals surface area contributed by atoms with Crippen molar-refractivity contribution in [1.82, 2.24) is 10.6 Å². The van der Waals surface area contributed by atoms with Crippen LogP contribution in [0.1, 0.15) is 38.2 Å². The second-order valence-corrected chi connectivity index (χ2v) is 6.05. The summed E-state index contributed by atoms with van der Waals surface area (Å²) in [7, 11) is 1.61. The number of rotatable bonds is 7. The van der Waals surface area contributed by atoms with E-state index in [1.54, 1.807) is 7.11 Å². The van der Waals surface area contributed by atoms with E-state index in [0.29, 0.717) is 6.04 Å². The Kier molecular flexibility index (Phi) is 5.41. The van der Waals surface area contributed by atoms with E-state index < -0.39 is 0 Å². The SMILES string of the molecule is COc1ccc(C(C(=O)NCC(=O)NC2CC2)C(C)C)cc1. The lowest BCUT2D eigenvalue weighted by Crippen LogP contribution is -2.40. The lowest BCUT2D eigenvalue weighted by molar-refractivity contribution is -0.127. The van der Waals surface area contributed by atoms with Crippen molar-refractivity contribution in [3.8, 4) is 5.75 Å². The molecule has 0 saturated heterocycles. The van der Waals surface area contributed by atoms with Crippen LogP contribution in [0.25, 0.3) is 0 Å². The smallest absolute Gasteiger partial charge is 0.239 e. The van der Waals surface area contributed by atoms with Gasteiger partial charge in [0.1, 0.15) is 5.75 Å². The van der Waals surface area contributed by atoms with Gasteiger partial charge in [-0.15, -0.1) is 0 Å². The van der Waals surface area contributed by atoms with Crippen LogP contribution in [0.4, 0.5) is 0 Å². The third kappa shape index (κ3) is 4.48. The zero-order valence-corrected chi connectivity index (χ0v) is 13.4. The number of amides is 2. The molecule has 2 rings (SSSR count). The number of hydrogen-bond donors (Lipinski definition) is 2. The number of hydrogen-bond acceptors (Lipinski definition) is 3. The number of benzene rings is 1. The molecule has 1 saturated carbocycles. The second kappa shape index (κ2) is 7.29. The zero-order valence-electron chi connectivity index (χ0n) is 13.4. The highest BCUT2D eigenvalue weighted by molar-refractivity contribution is 5.88.